The van der Waals surface area contributed by atoms with E-state index in [0.717, 1.165) is 0 Å². The zero-order chi connectivity index (χ0) is 13.1. The molecule has 0 radical (unpaired) electrons. The number of hydrogen-bond acceptors (Lipinski definition) is 4. The first-order valence-electron chi connectivity index (χ1n) is 5.17. The minimum Gasteiger partial charge on any atom is -0.508 e. The fraction of sp³-hybridized carbons (Fsp3) is 0. The molecule has 0 unspecified atom stereocenters. The second-order valence-corrected chi connectivity index (χ2v) is 3.65. The number of nitro groups is 1. The molecule has 5 nitrogen and oxygen atoms in total. The summed E-state index contributed by atoms with van der Waals surface area (Å²) in [6.45, 7) is 0. The zero-order valence-electron chi connectivity index (χ0n) is 9.24. The van der Waals surface area contributed by atoms with Crippen molar-refractivity contribution >= 4 is 11.5 Å². The molecule has 0 aliphatic rings. The lowest BCUT2D eigenvalue weighted by atomic mass is 10.0. The van der Waals surface area contributed by atoms with Crippen LogP contribution in [-0.4, -0.2) is 15.8 Å². The minimum atomic E-state index is -0.590. The van der Waals surface area contributed by atoms with Crippen LogP contribution in [0.2, 0.25) is 0 Å². The number of aromatic hydroxyl groups is 1. The van der Waals surface area contributed by atoms with Crippen molar-refractivity contribution in [2.24, 2.45) is 0 Å². The van der Waals surface area contributed by atoms with E-state index < -0.39 is 10.7 Å². The Labute approximate surface area is 102 Å². The Bertz CT molecular complexity index is 605. The molecular formula is C13H9NO4. The van der Waals surface area contributed by atoms with Gasteiger partial charge in [-0.2, -0.15) is 0 Å². The van der Waals surface area contributed by atoms with Gasteiger partial charge in [0.05, 0.1) is 4.92 Å². The molecule has 0 bridgehead atoms. The number of benzene rings is 2. The molecule has 1 N–H and O–H groups in total. The van der Waals surface area contributed by atoms with E-state index in [0.29, 0.717) is 5.56 Å². The van der Waals surface area contributed by atoms with E-state index in [2.05, 4.69) is 0 Å². The summed E-state index contributed by atoms with van der Waals surface area (Å²) in [5, 5.41) is 20.0. The minimum absolute atomic E-state index is 0.0354. The lowest BCUT2D eigenvalue weighted by Gasteiger charge is -2.02. The Kier molecular flexibility index (Phi) is 3.05. The third-order valence-electron chi connectivity index (χ3n) is 2.47. The lowest BCUT2D eigenvalue weighted by molar-refractivity contribution is -0.385. The number of ketones is 1. The predicted molar refractivity (Wildman–Crippen MR) is 64.6 cm³/mol. The van der Waals surface area contributed by atoms with Crippen molar-refractivity contribution in [3.8, 4) is 5.75 Å². The van der Waals surface area contributed by atoms with Crippen LogP contribution in [0.4, 0.5) is 5.69 Å². The lowest BCUT2D eigenvalue weighted by Crippen LogP contribution is -2.04. The van der Waals surface area contributed by atoms with Crippen LogP contribution in [0.25, 0.3) is 0 Å². The fourth-order valence-corrected chi connectivity index (χ4v) is 1.59. The van der Waals surface area contributed by atoms with Crippen LogP contribution in [0.15, 0.2) is 48.5 Å². The second-order valence-electron chi connectivity index (χ2n) is 3.65. The number of phenolic OH excluding ortho intramolecular Hbond substituents is 1. The number of nitro benzene ring substituents is 1. The maximum absolute atomic E-state index is 12.1. The van der Waals surface area contributed by atoms with Crippen LogP contribution in [0.5, 0.6) is 5.75 Å². The van der Waals surface area contributed by atoms with Gasteiger partial charge in [0, 0.05) is 11.6 Å². The van der Waals surface area contributed by atoms with Gasteiger partial charge in [0.1, 0.15) is 11.3 Å². The van der Waals surface area contributed by atoms with Crippen molar-refractivity contribution in [1.82, 2.24) is 0 Å². The molecule has 2 rings (SSSR count). The SMILES string of the molecule is O=C(c1ccc(O)cc1)c1ccccc1[N+](=O)[O-]. The van der Waals surface area contributed by atoms with E-state index in [1.54, 1.807) is 6.07 Å². The summed E-state index contributed by atoms with van der Waals surface area (Å²) in [7, 11) is 0. The maximum Gasteiger partial charge on any atom is 0.280 e. The third-order valence-corrected chi connectivity index (χ3v) is 2.47. The first-order chi connectivity index (χ1) is 8.59. The molecule has 0 aromatic heterocycles. The predicted octanol–water partition coefficient (Wildman–Crippen LogP) is 2.53. The van der Waals surface area contributed by atoms with Gasteiger partial charge in [-0.15, -0.1) is 0 Å². The van der Waals surface area contributed by atoms with Gasteiger partial charge in [-0.1, -0.05) is 12.1 Å². The first kappa shape index (κ1) is 11.8. The van der Waals surface area contributed by atoms with Gasteiger partial charge in [-0.25, -0.2) is 0 Å². The number of carbonyl (C=O) groups excluding carboxylic acids is 1. The Balaban J connectivity index is 2.46. The van der Waals surface area contributed by atoms with Crippen molar-refractivity contribution in [3.63, 3.8) is 0 Å². The van der Waals surface area contributed by atoms with Gasteiger partial charge in [-0.3, -0.25) is 14.9 Å². The highest BCUT2D eigenvalue weighted by molar-refractivity contribution is 6.11. The molecule has 0 heterocycles. The standard InChI is InChI=1S/C13H9NO4/c15-10-7-5-9(6-8-10)13(16)11-3-1-2-4-12(11)14(17)18/h1-8,15H. The molecule has 0 aliphatic carbocycles. The van der Waals surface area contributed by atoms with Crippen LogP contribution >= 0.6 is 0 Å². The normalized spacial score (nSPS) is 10.0. The smallest absolute Gasteiger partial charge is 0.280 e. The van der Waals surface area contributed by atoms with Crippen LogP contribution in [0.1, 0.15) is 15.9 Å². The third kappa shape index (κ3) is 2.20. The van der Waals surface area contributed by atoms with Crippen molar-refractivity contribution in [2.45, 2.75) is 0 Å². The van der Waals surface area contributed by atoms with Gasteiger partial charge >= 0.3 is 0 Å². The Morgan fingerprint density at radius 3 is 2.28 bits per heavy atom. The van der Waals surface area contributed by atoms with E-state index in [1.165, 1.54) is 42.5 Å². The highest BCUT2D eigenvalue weighted by Crippen LogP contribution is 2.22. The molecule has 18 heavy (non-hydrogen) atoms. The average Bonchev–Trinajstić information content (AvgIpc) is 2.39. The molecule has 0 saturated heterocycles. The Morgan fingerprint density at radius 2 is 1.67 bits per heavy atom. The number of para-hydroxylation sites is 1. The summed E-state index contributed by atoms with van der Waals surface area (Å²) in [5.41, 5.74) is 0.103. The van der Waals surface area contributed by atoms with Gasteiger partial charge in [0.15, 0.2) is 5.78 Å². The van der Waals surface area contributed by atoms with E-state index in [-0.39, 0.29) is 17.0 Å². The van der Waals surface area contributed by atoms with Crippen molar-refractivity contribution in [1.29, 1.82) is 0 Å². The highest BCUT2D eigenvalue weighted by atomic mass is 16.6. The monoisotopic (exact) mass is 243 g/mol. The van der Waals surface area contributed by atoms with Crippen molar-refractivity contribution < 1.29 is 14.8 Å². The number of hydrogen-bond donors (Lipinski definition) is 1. The summed E-state index contributed by atoms with van der Waals surface area (Å²) < 4.78 is 0. The van der Waals surface area contributed by atoms with Gasteiger partial charge in [0.25, 0.3) is 5.69 Å². The van der Waals surface area contributed by atoms with E-state index >= 15 is 0 Å². The zero-order valence-corrected chi connectivity index (χ0v) is 9.24. The summed E-state index contributed by atoms with van der Waals surface area (Å²) in [6, 6.07) is 11.3. The Morgan fingerprint density at radius 1 is 1.06 bits per heavy atom. The first-order valence-corrected chi connectivity index (χ1v) is 5.17. The topological polar surface area (TPSA) is 80.4 Å². The molecule has 90 valence electrons. The highest BCUT2D eigenvalue weighted by Gasteiger charge is 2.20. The van der Waals surface area contributed by atoms with E-state index in [1.807, 2.05) is 0 Å². The Hall–Kier alpha value is -2.69. The number of carbonyl (C=O) groups is 1. The molecule has 0 atom stereocenters. The van der Waals surface area contributed by atoms with Gasteiger partial charge in [0.2, 0.25) is 0 Å². The quantitative estimate of drug-likeness (QED) is 0.510. The number of nitrogens with zero attached hydrogens (tertiary/aromatic N) is 1. The fourth-order valence-electron chi connectivity index (χ4n) is 1.59. The summed E-state index contributed by atoms with van der Waals surface area (Å²) >= 11 is 0. The average molecular weight is 243 g/mol. The van der Waals surface area contributed by atoms with Crippen LogP contribution in [0, 0.1) is 10.1 Å². The second kappa shape index (κ2) is 4.67. The van der Waals surface area contributed by atoms with Crippen molar-refractivity contribution in [3.05, 3.63) is 69.8 Å². The molecule has 5 heteroatoms. The van der Waals surface area contributed by atoms with Gasteiger partial charge in [-0.05, 0) is 30.3 Å². The largest absolute Gasteiger partial charge is 0.508 e. The summed E-state index contributed by atoms with van der Waals surface area (Å²) in [5.74, 6) is -0.406. The number of rotatable bonds is 3. The van der Waals surface area contributed by atoms with Crippen LogP contribution < -0.4 is 0 Å². The molecule has 2 aromatic rings. The van der Waals surface area contributed by atoms with Crippen molar-refractivity contribution in [2.75, 3.05) is 0 Å². The van der Waals surface area contributed by atoms with Crippen LogP contribution in [0.3, 0.4) is 0 Å². The molecular weight excluding hydrogens is 234 g/mol. The number of phenols is 1. The maximum atomic E-state index is 12.1. The molecule has 0 saturated carbocycles. The van der Waals surface area contributed by atoms with E-state index in [9.17, 15) is 14.9 Å². The molecule has 0 spiro atoms. The summed E-state index contributed by atoms with van der Waals surface area (Å²) in [4.78, 5) is 22.3. The molecule has 0 amide bonds. The summed E-state index contributed by atoms with van der Waals surface area (Å²) in [6.07, 6.45) is 0. The van der Waals surface area contributed by atoms with E-state index in [4.69, 9.17) is 5.11 Å². The molecule has 0 fully saturated rings. The van der Waals surface area contributed by atoms with Crippen LogP contribution in [-0.2, 0) is 0 Å². The molecule has 0 aliphatic heterocycles. The molecule has 2 aromatic carbocycles. The van der Waals surface area contributed by atoms with Gasteiger partial charge < -0.3 is 5.11 Å².